The summed E-state index contributed by atoms with van der Waals surface area (Å²) in [5.74, 6) is 0.634. The van der Waals surface area contributed by atoms with E-state index in [9.17, 15) is 4.79 Å². The second-order valence-electron chi connectivity index (χ2n) is 5.63. The van der Waals surface area contributed by atoms with Crippen molar-refractivity contribution in [3.8, 4) is 11.6 Å². The summed E-state index contributed by atoms with van der Waals surface area (Å²) in [4.78, 5) is 15.0. The molecule has 0 unspecified atom stereocenters. The lowest BCUT2D eigenvalue weighted by molar-refractivity contribution is 0.1000. The van der Waals surface area contributed by atoms with Crippen LogP contribution < -0.4 is 10.5 Å². The number of nitrogens with zero attached hydrogens (tertiary/aromatic N) is 1. The van der Waals surface area contributed by atoms with E-state index in [0.29, 0.717) is 17.2 Å². The highest BCUT2D eigenvalue weighted by atomic mass is 16.5. The van der Waals surface area contributed by atoms with Gasteiger partial charge >= 0.3 is 0 Å². The molecule has 0 aliphatic rings. The Balaban J connectivity index is 2.12. The van der Waals surface area contributed by atoms with Crippen LogP contribution in [-0.4, -0.2) is 10.9 Å². The van der Waals surface area contributed by atoms with Gasteiger partial charge in [-0.2, -0.15) is 0 Å². The Hall–Kier alpha value is -2.36. The van der Waals surface area contributed by atoms with Crippen molar-refractivity contribution in [2.75, 3.05) is 0 Å². The summed E-state index contributed by atoms with van der Waals surface area (Å²) in [5, 5.41) is 0. The van der Waals surface area contributed by atoms with Crippen molar-refractivity contribution >= 4 is 5.91 Å². The third-order valence-corrected chi connectivity index (χ3v) is 2.96. The number of benzene rings is 1. The molecule has 0 atom stereocenters. The number of carbonyl (C=O) groups is 1. The van der Waals surface area contributed by atoms with Crippen molar-refractivity contribution in [1.29, 1.82) is 0 Å². The zero-order chi connectivity index (χ0) is 14.8. The van der Waals surface area contributed by atoms with Gasteiger partial charge in [-0.25, -0.2) is 4.98 Å². The molecule has 2 aromatic rings. The Morgan fingerprint density at radius 2 is 1.75 bits per heavy atom. The molecule has 1 amide bonds. The van der Waals surface area contributed by atoms with Crippen LogP contribution in [0.15, 0.2) is 42.6 Å². The van der Waals surface area contributed by atoms with Crippen LogP contribution in [0.4, 0.5) is 0 Å². The van der Waals surface area contributed by atoms with Gasteiger partial charge in [-0.15, -0.1) is 0 Å². The van der Waals surface area contributed by atoms with Gasteiger partial charge < -0.3 is 10.5 Å². The predicted molar refractivity (Wildman–Crippen MR) is 78.0 cm³/mol. The zero-order valence-electron chi connectivity index (χ0n) is 11.9. The molecule has 4 heteroatoms. The standard InChI is InChI=1S/C16H18N2O2/c1-16(2,3)12-5-7-13(8-6-12)20-14-9-4-11(10-18-14)15(17)19/h4-10H,1-3H3,(H2,17,19). The van der Waals surface area contributed by atoms with E-state index in [1.807, 2.05) is 24.3 Å². The lowest BCUT2D eigenvalue weighted by Crippen LogP contribution is -2.11. The highest BCUT2D eigenvalue weighted by Crippen LogP contribution is 2.26. The minimum absolute atomic E-state index is 0.111. The van der Waals surface area contributed by atoms with Crippen LogP contribution in [0.5, 0.6) is 11.6 Å². The molecule has 0 aliphatic carbocycles. The van der Waals surface area contributed by atoms with Crippen molar-refractivity contribution in [2.24, 2.45) is 5.73 Å². The Labute approximate surface area is 118 Å². The summed E-state index contributed by atoms with van der Waals surface area (Å²) in [6, 6.07) is 11.1. The monoisotopic (exact) mass is 270 g/mol. The molecule has 20 heavy (non-hydrogen) atoms. The van der Waals surface area contributed by atoms with Crippen LogP contribution in [-0.2, 0) is 5.41 Å². The number of carbonyl (C=O) groups excluding carboxylic acids is 1. The molecular weight excluding hydrogens is 252 g/mol. The van der Waals surface area contributed by atoms with Crippen molar-refractivity contribution in [2.45, 2.75) is 26.2 Å². The molecule has 104 valence electrons. The van der Waals surface area contributed by atoms with Gasteiger partial charge in [0.05, 0.1) is 5.56 Å². The maximum atomic E-state index is 10.9. The lowest BCUT2D eigenvalue weighted by atomic mass is 9.87. The number of primary amides is 1. The smallest absolute Gasteiger partial charge is 0.250 e. The highest BCUT2D eigenvalue weighted by Gasteiger charge is 2.13. The molecule has 1 aromatic carbocycles. The van der Waals surface area contributed by atoms with Gasteiger partial charge in [-0.1, -0.05) is 32.9 Å². The second kappa shape index (κ2) is 5.33. The number of hydrogen-bond acceptors (Lipinski definition) is 3. The summed E-state index contributed by atoms with van der Waals surface area (Å²) < 4.78 is 5.62. The minimum atomic E-state index is -0.501. The minimum Gasteiger partial charge on any atom is -0.439 e. The number of hydrogen-bond donors (Lipinski definition) is 1. The van der Waals surface area contributed by atoms with E-state index in [1.54, 1.807) is 12.1 Å². The fourth-order valence-corrected chi connectivity index (χ4v) is 1.73. The van der Waals surface area contributed by atoms with Crippen LogP contribution in [0.3, 0.4) is 0 Å². The predicted octanol–water partition coefficient (Wildman–Crippen LogP) is 3.27. The number of aromatic nitrogens is 1. The van der Waals surface area contributed by atoms with E-state index in [1.165, 1.54) is 11.8 Å². The van der Waals surface area contributed by atoms with Crippen LogP contribution >= 0.6 is 0 Å². The molecule has 2 rings (SSSR count). The lowest BCUT2D eigenvalue weighted by Gasteiger charge is -2.19. The molecule has 0 saturated heterocycles. The molecule has 0 aliphatic heterocycles. The molecule has 0 bridgehead atoms. The van der Waals surface area contributed by atoms with Crippen LogP contribution in [0.1, 0.15) is 36.7 Å². The average molecular weight is 270 g/mol. The van der Waals surface area contributed by atoms with E-state index >= 15 is 0 Å². The third-order valence-electron chi connectivity index (χ3n) is 2.96. The summed E-state index contributed by atoms with van der Waals surface area (Å²) in [5.41, 5.74) is 6.86. The largest absolute Gasteiger partial charge is 0.439 e. The fourth-order valence-electron chi connectivity index (χ4n) is 1.73. The Morgan fingerprint density at radius 3 is 2.20 bits per heavy atom. The molecule has 0 fully saturated rings. The Kier molecular flexibility index (Phi) is 3.74. The summed E-state index contributed by atoms with van der Waals surface area (Å²) in [7, 11) is 0. The number of pyridine rings is 1. The van der Waals surface area contributed by atoms with E-state index in [0.717, 1.165) is 0 Å². The topological polar surface area (TPSA) is 65.2 Å². The number of rotatable bonds is 3. The normalized spacial score (nSPS) is 11.2. The maximum Gasteiger partial charge on any atom is 0.250 e. The highest BCUT2D eigenvalue weighted by molar-refractivity contribution is 5.92. The first kappa shape index (κ1) is 14.1. The SMILES string of the molecule is CC(C)(C)c1ccc(Oc2ccc(C(N)=O)cn2)cc1. The molecule has 1 heterocycles. The van der Waals surface area contributed by atoms with E-state index in [-0.39, 0.29) is 5.41 Å². The summed E-state index contributed by atoms with van der Waals surface area (Å²) in [6.45, 7) is 6.48. The van der Waals surface area contributed by atoms with Crippen molar-refractivity contribution in [1.82, 2.24) is 4.98 Å². The van der Waals surface area contributed by atoms with Gasteiger partial charge in [0.1, 0.15) is 5.75 Å². The van der Waals surface area contributed by atoms with E-state index in [2.05, 4.69) is 25.8 Å². The molecular formula is C16H18N2O2. The van der Waals surface area contributed by atoms with Gasteiger partial charge in [-0.05, 0) is 29.2 Å². The van der Waals surface area contributed by atoms with Gasteiger partial charge in [0, 0.05) is 12.3 Å². The fraction of sp³-hybridized carbons (Fsp3) is 0.250. The molecule has 4 nitrogen and oxygen atoms in total. The van der Waals surface area contributed by atoms with E-state index < -0.39 is 5.91 Å². The molecule has 0 saturated carbocycles. The average Bonchev–Trinajstić information content (AvgIpc) is 2.39. The van der Waals surface area contributed by atoms with Crippen LogP contribution in [0.25, 0.3) is 0 Å². The van der Waals surface area contributed by atoms with Crippen molar-refractivity contribution in [3.63, 3.8) is 0 Å². The summed E-state index contributed by atoms with van der Waals surface area (Å²) >= 11 is 0. The Bertz CT molecular complexity index is 596. The maximum absolute atomic E-state index is 10.9. The molecule has 0 radical (unpaired) electrons. The quantitative estimate of drug-likeness (QED) is 0.930. The molecule has 2 N–H and O–H groups in total. The van der Waals surface area contributed by atoms with Crippen LogP contribution in [0, 0.1) is 0 Å². The van der Waals surface area contributed by atoms with Gasteiger partial charge in [0.15, 0.2) is 0 Å². The first-order chi connectivity index (χ1) is 9.36. The van der Waals surface area contributed by atoms with Gasteiger partial charge in [0.25, 0.3) is 0 Å². The number of amides is 1. The summed E-state index contributed by atoms with van der Waals surface area (Å²) in [6.07, 6.45) is 1.40. The van der Waals surface area contributed by atoms with Crippen molar-refractivity contribution in [3.05, 3.63) is 53.7 Å². The van der Waals surface area contributed by atoms with Crippen molar-refractivity contribution < 1.29 is 9.53 Å². The first-order valence-corrected chi connectivity index (χ1v) is 6.40. The number of nitrogens with two attached hydrogens (primary N) is 1. The number of ether oxygens (including phenoxy) is 1. The van der Waals surface area contributed by atoms with Gasteiger partial charge in [-0.3, -0.25) is 4.79 Å². The van der Waals surface area contributed by atoms with Crippen LogP contribution in [0.2, 0.25) is 0 Å². The zero-order valence-corrected chi connectivity index (χ0v) is 11.9. The first-order valence-electron chi connectivity index (χ1n) is 6.40. The third kappa shape index (κ3) is 3.35. The Morgan fingerprint density at radius 1 is 1.10 bits per heavy atom. The molecule has 1 aromatic heterocycles. The van der Waals surface area contributed by atoms with E-state index in [4.69, 9.17) is 10.5 Å². The molecule has 0 spiro atoms. The van der Waals surface area contributed by atoms with Gasteiger partial charge in [0.2, 0.25) is 11.8 Å². The second-order valence-corrected chi connectivity index (χ2v) is 5.63.